The summed E-state index contributed by atoms with van der Waals surface area (Å²) in [6, 6.07) is 0. The number of rotatable bonds is 1. The van der Waals surface area contributed by atoms with Crippen molar-refractivity contribution < 1.29 is 19.4 Å². The maximum absolute atomic E-state index is 10.6. The molecule has 0 aromatic rings. The Morgan fingerprint density at radius 3 is 2.60 bits per heavy atom. The summed E-state index contributed by atoms with van der Waals surface area (Å²) in [4.78, 5) is 21.2. The van der Waals surface area contributed by atoms with Crippen molar-refractivity contribution in [1.29, 1.82) is 0 Å². The van der Waals surface area contributed by atoms with Gasteiger partial charge in [0, 0.05) is 6.42 Å². The summed E-state index contributed by atoms with van der Waals surface area (Å²) in [5.74, 6) is -1.60. The highest BCUT2D eigenvalue weighted by atomic mass is 16.6. The van der Waals surface area contributed by atoms with Gasteiger partial charge in [0.15, 0.2) is 0 Å². The minimum absolute atomic E-state index is 0.105. The average Bonchev–Trinajstić information content (AvgIpc) is 2.10. The molecule has 0 amide bonds. The summed E-state index contributed by atoms with van der Waals surface area (Å²) in [7, 11) is 0. The Morgan fingerprint density at radius 1 is 1.80 bits per heavy atom. The highest BCUT2D eigenvalue weighted by Gasteiger charge is 2.36. The Labute approximate surface area is 57.8 Å². The molecular weight excluding hydrogens is 136 g/mol. The zero-order chi connectivity index (χ0) is 7.72. The number of cyclic esters (lactones) is 1. The molecule has 0 aromatic heterocycles. The summed E-state index contributed by atoms with van der Waals surface area (Å²) in [6.45, 7) is 1.31. The Bertz CT molecular complexity index is 175. The minimum Gasteiger partial charge on any atom is -0.435 e. The van der Waals surface area contributed by atoms with Gasteiger partial charge >= 0.3 is 5.97 Å². The molecule has 1 heterocycles. The molecule has 0 aliphatic carbocycles. The molecule has 1 N–H and O–H groups in total. The Balaban J connectivity index is 2.63. The van der Waals surface area contributed by atoms with Crippen molar-refractivity contribution in [2.24, 2.45) is 5.92 Å². The quantitative estimate of drug-likeness (QED) is 0.396. The number of carbonyl (C=O) groups excluding carboxylic acids is 2. The number of ketones is 1. The summed E-state index contributed by atoms with van der Waals surface area (Å²) in [5.41, 5.74) is 0. The van der Waals surface area contributed by atoms with Crippen molar-refractivity contribution in [2.45, 2.75) is 19.6 Å². The molecule has 2 atom stereocenters. The molecule has 10 heavy (non-hydrogen) atoms. The molecule has 4 heteroatoms. The van der Waals surface area contributed by atoms with Gasteiger partial charge in [0.25, 0.3) is 0 Å². The summed E-state index contributed by atoms with van der Waals surface area (Å²) in [6.07, 6.45) is -0.977. The number of hydrogen-bond acceptors (Lipinski definition) is 4. The van der Waals surface area contributed by atoms with Gasteiger partial charge < -0.3 is 9.84 Å². The van der Waals surface area contributed by atoms with Gasteiger partial charge in [0.1, 0.15) is 11.7 Å². The third-order valence-electron chi connectivity index (χ3n) is 1.46. The molecule has 2 unspecified atom stereocenters. The van der Waals surface area contributed by atoms with Gasteiger partial charge in [0.2, 0.25) is 6.29 Å². The molecule has 4 nitrogen and oxygen atoms in total. The lowest BCUT2D eigenvalue weighted by atomic mass is 10.0. The van der Waals surface area contributed by atoms with Crippen LogP contribution in [0, 0.1) is 5.92 Å². The van der Waals surface area contributed by atoms with Gasteiger partial charge in [-0.2, -0.15) is 0 Å². The molecule has 0 bridgehead atoms. The predicted molar refractivity (Wildman–Crippen MR) is 30.9 cm³/mol. The number of ether oxygens (including phenoxy) is 1. The van der Waals surface area contributed by atoms with E-state index in [-0.39, 0.29) is 12.2 Å². The zero-order valence-corrected chi connectivity index (χ0v) is 5.53. The van der Waals surface area contributed by atoms with E-state index >= 15 is 0 Å². The third kappa shape index (κ3) is 1.16. The number of Topliss-reactive ketones (excluding diaryl/α,β-unsaturated/α-hetero) is 1. The van der Waals surface area contributed by atoms with E-state index in [2.05, 4.69) is 4.74 Å². The van der Waals surface area contributed by atoms with Crippen molar-refractivity contribution in [2.75, 3.05) is 0 Å². The van der Waals surface area contributed by atoms with E-state index < -0.39 is 18.2 Å². The van der Waals surface area contributed by atoms with Crippen LogP contribution in [0.2, 0.25) is 0 Å². The second kappa shape index (κ2) is 2.38. The first-order valence-electron chi connectivity index (χ1n) is 3.00. The maximum Gasteiger partial charge on any atom is 0.319 e. The monoisotopic (exact) mass is 144 g/mol. The highest BCUT2D eigenvalue weighted by Crippen LogP contribution is 2.19. The van der Waals surface area contributed by atoms with Crippen LogP contribution >= 0.6 is 0 Å². The first-order valence-corrected chi connectivity index (χ1v) is 3.00. The SMILES string of the molecule is CC(=O)C1CC(O)OC1=O. The summed E-state index contributed by atoms with van der Waals surface area (Å²) < 4.78 is 4.33. The summed E-state index contributed by atoms with van der Waals surface area (Å²) >= 11 is 0. The second-order valence-electron chi connectivity index (χ2n) is 2.29. The van der Waals surface area contributed by atoms with Crippen LogP contribution in [0.15, 0.2) is 0 Å². The Morgan fingerprint density at radius 2 is 2.40 bits per heavy atom. The van der Waals surface area contributed by atoms with Crippen LogP contribution < -0.4 is 0 Å². The van der Waals surface area contributed by atoms with Gasteiger partial charge in [-0.25, -0.2) is 0 Å². The maximum atomic E-state index is 10.6. The molecule has 1 aliphatic heterocycles. The summed E-state index contributed by atoms with van der Waals surface area (Å²) in [5, 5.41) is 8.72. The normalized spacial score (nSPS) is 32.0. The molecule has 1 saturated heterocycles. The van der Waals surface area contributed by atoms with Crippen LogP contribution in [0.25, 0.3) is 0 Å². The first-order chi connectivity index (χ1) is 4.61. The van der Waals surface area contributed by atoms with Gasteiger partial charge in [0.05, 0.1) is 0 Å². The highest BCUT2D eigenvalue weighted by molar-refractivity contribution is 5.98. The average molecular weight is 144 g/mol. The van der Waals surface area contributed by atoms with E-state index in [4.69, 9.17) is 5.11 Å². The predicted octanol–water partition coefficient (Wildman–Crippen LogP) is -0.543. The van der Waals surface area contributed by atoms with E-state index in [1.54, 1.807) is 0 Å². The number of hydrogen-bond donors (Lipinski definition) is 1. The van der Waals surface area contributed by atoms with Gasteiger partial charge in [-0.3, -0.25) is 9.59 Å². The molecule has 0 saturated carbocycles. The Kier molecular flexibility index (Phi) is 1.72. The van der Waals surface area contributed by atoms with E-state index in [0.29, 0.717) is 0 Å². The van der Waals surface area contributed by atoms with Crippen molar-refractivity contribution in [3.05, 3.63) is 0 Å². The van der Waals surface area contributed by atoms with E-state index in [0.717, 1.165) is 0 Å². The lowest BCUT2D eigenvalue weighted by molar-refractivity contribution is -0.156. The molecule has 56 valence electrons. The van der Waals surface area contributed by atoms with Gasteiger partial charge in [-0.15, -0.1) is 0 Å². The van der Waals surface area contributed by atoms with Crippen LogP contribution in [0.5, 0.6) is 0 Å². The lowest BCUT2D eigenvalue weighted by Gasteiger charge is -1.94. The fourth-order valence-electron chi connectivity index (χ4n) is 0.894. The zero-order valence-electron chi connectivity index (χ0n) is 5.53. The number of carbonyl (C=O) groups is 2. The van der Waals surface area contributed by atoms with Crippen LogP contribution in [0.4, 0.5) is 0 Å². The van der Waals surface area contributed by atoms with Crippen LogP contribution in [-0.2, 0) is 14.3 Å². The lowest BCUT2D eigenvalue weighted by Crippen LogP contribution is -2.15. The number of aliphatic hydroxyl groups excluding tert-OH is 1. The van der Waals surface area contributed by atoms with E-state index in [9.17, 15) is 9.59 Å². The second-order valence-corrected chi connectivity index (χ2v) is 2.29. The first kappa shape index (κ1) is 7.21. The smallest absolute Gasteiger partial charge is 0.319 e. The van der Waals surface area contributed by atoms with Crippen LogP contribution in [0.1, 0.15) is 13.3 Å². The Hall–Kier alpha value is -0.900. The molecule has 0 aromatic carbocycles. The number of aliphatic hydroxyl groups is 1. The standard InChI is InChI=1S/C6H8O4/c1-3(7)4-2-5(8)10-6(4)9/h4-5,8H,2H2,1H3. The van der Waals surface area contributed by atoms with Crippen molar-refractivity contribution in [1.82, 2.24) is 0 Å². The van der Waals surface area contributed by atoms with Crippen LogP contribution in [0.3, 0.4) is 0 Å². The third-order valence-corrected chi connectivity index (χ3v) is 1.46. The van der Waals surface area contributed by atoms with E-state index in [1.807, 2.05) is 0 Å². The molecular formula is C6H8O4. The van der Waals surface area contributed by atoms with Crippen LogP contribution in [-0.4, -0.2) is 23.1 Å². The van der Waals surface area contributed by atoms with Crippen molar-refractivity contribution >= 4 is 11.8 Å². The molecule has 0 spiro atoms. The molecule has 1 fully saturated rings. The fraction of sp³-hybridized carbons (Fsp3) is 0.667. The molecule has 1 aliphatic rings. The molecule has 0 radical (unpaired) electrons. The van der Waals surface area contributed by atoms with E-state index in [1.165, 1.54) is 6.92 Å². The fourth-order valence-corrected chi connectivity index (χ4v) is 0.894. The van der Waals surface area contributed by atoms with Crippen molar-refractivity contribution in [3.63, 3.8) is 0 Å². The topological polar surface area (TPSA) is 63.6 Å². The minimum atomic E-state index is -1.08. The number of esters is 1. The van der Waals surface area contributed by atoms with Gasteiger partial charge in [-0.1, -0.05) is 0 Å². The van der Waals surface area contributed by atoms with Gasteiger partial charge in [-0.05, 0) is 6.92 Å². The largest absolute Gasteiger partial charge is 0.435 e. The van der Waals surface area contributed by atoms with Crippen molar-refractivity contribution in [3.8, 4) is 0 Å². The molecule has 1 rings (SSSR count).